The van der Waals surface area contributed by atoms with Crippen molar-refractivity contribution in [3.8, 4) is 0 Å². The lowest BCUT2D eigenvalue weighted by Crippen LogP contribution is -2.43. The van der Waals surface area contributed by atoms with E-state index in [1.54, 1.807) is 4.90 Å². The fraction of sp³-hybridized carbons (Fsp3) is 0.556. The smallest absolute Gasteiger partial charge is 0.308 e. The lowest BCUT2D eigenvalue weighted by atomic mass is 9.93. The molecule has 1 saturated heterocycles. The summed E-state index contributed by atoms with van der Waals surface area (Å²) in [7, 11) is 0. The van der Waals surface area contributed by atoms with E-state index in [0.29, 0.717) is 19.5 Å². The monoisotopic (exact) mass is 377 g/mol. The standard InChI is InChI=1S/C18H20BrNO3/c19-13-3-4-14-11(8-13)5-6-18(14)9-15(18)16(21)20-7-1-2-12(10-20)17(22)23/h3-4,8,12,15H,1-2,5-7,9-10H2,(H,22,23). The van der Waals surface area contributed by atoms with Crippen LogP contribution in [0.3, 0.4) is 0 Å². The van der Waals surface area contributed by atoms with E-state index in [0.717, 1.165) is 30.2 Å². The molecule has 23 heavy (non-hydrogen) atoms. The van der Waals surface area contributed by atoms with Gasteiger partial charge < -0.3 is 10.0 Å². The van der Waals surface area contributed by atoms with Crippen LogP contribution in [0.4, 0.5) is 0 Å². The lowest BCUT2D eigenvalue weighted by Gasteiger charge is -2.31. The minimum Gasteiger partial charge on any atom is -0.481 e. The first kappa shape index (κ1) is 15.2. The molecule has 2 fully saturated rings. The Labute approximate surface area is 144 Å². The van der Waals surface area contributed by atoms with Gasteiger partial charge in [-0.2, -0.15) is 0 Å². The SMILES string of the molecule is O=C(O)C1CCCN(C(=O)C2CC23CCc2cc(Br)ccc23)C1. The molecule has 4 nitrogen and oxygen atoms in total. The van der Waals surface area contributed by atoms with Gasteiger partial charge in [0.15, 0.2) is 0 Å². The van der Waals surface area contributed by atoms with Gasteiger partial charge in [0.25, 0.3) is 0 Å². The molecule has 1 amide bonds. The number of hydrogen-bond acceptors (Lipinski definition) is 2. The summed E-state index contributed by atoms with van der Waals surface area (Å²) in [5.74, 6) is -0.942. The van der Waals surface area contributed by atoms with Crippen molar-refractivity contribution in [2.45, 2.75) is 37.5 Å². The number of aliphatic carboxylic acids is 1. The molecule has 1 spiro atoms. The van der Waals surface area contributed by atoms with Gasteiger partial charge in [-0.1, -0.05) is 22.0 Å². The Morgan fingerprint density at radius 3 is 2.96 bits per heavy atom. The summed E-state index contributed by atoms with van der Waals surface area (Å²) >= 11 is 3.52. The third-order valence-electron chi connectivity index (χ3n) is 5.90. The molecule has 1 aromatic rings. The Hall–Kier alpha value is -1.36. The number of carboxylic acids is 1. The van der Waals surface area contributed by atoms with E-state index in [9.17, 15) is 14.7 Å². The topological polar surface area (TPSA) is 57.6 Å². The number of carboxylic acid groups (broad SMARTS) is 1. The first-order chi connectivity index (χ1) is 11.0. The molecule has 1 heterocycles. The highest BCUT2D eigenvalue weighted by atomic mass is 79.9. The Balaban J connectivity index is 1.51. The van der Waals surface area contributed by atoms with E-state index in [1.165, 1.54) is 11.1 Å². The second kappa shape index (κ2) is 5.33. The lowest BCUT2D eigenvalue weighted by molar-refractivity contribution is -0.146. The molecule has 0 bridgehead atoms. The highest BCUT2D eigenvalue weighted by Crippen LogP contribution is 2.62. The van der Waals surface area contributed by atoms with Crippen LogP contribution in [0, 0.1) is 11.8 Å². The number of halogens is 1. The number of nitrogens with zero attached hydrogens (tertiary/aromatic N) is 1. The van der Waals surface area contributed by atoms with Gasteiger partial charge in [-0.3, -0.25) is 9.59 Å². The van der Waals surface area contributed by atoms with Crippen LogP contribution < -0.4 is 0 Å². The van der Waals surface area contributed by atoms with Gasteiger partial charge in [-0.25, -0.2) is 0 Å². The molecule has 3 aliphatic rings. The number of fused-ring (bicyclic) bond motifs is 2. The van der Waals surface area contributed by atoms with Crippen LogP contribution in [0.2, 0.25) is 0 Å². The number of hydrogen-bond donors (Lipinski definition) is 1. The van der Waals surface area contributed by atoms with E-state index < -0.39 is 11.9 Å². The third kappa shape index (κ3) is 2.40. The van der Waals surface area contributed by atoms with Crippen LogP contribution >= 0.6 is 15.9 Å². The number of piperidine rings is 1. The average molecular weight is 378 g/mol. The summed E-state index contributed by atoms with van der Waals surface area (Å²) < 4.78 is 1.09. The average Bonchev–Trinajstić information content (AvgIpc) is 3.16. The zero-order chi connectivity index (χ0) is 16.2. The zero-order valence-corrected chi connectivity index (χ0v) is 14.5. The summed E-state index contributed by atoms with van der Waals surface area (Å²) in [6.07, 6.45) is 4.49. The van der Waals surface area contributed by atoms with Crippen LogP contribution in [0.5, 0.6) is 0 Å². The van der Waals surface area contributed by atoms with Crippen molar-refractivity contribution in [3.05, 3.63) is 33.8 Å². The number of aryl methyl sites for hydroxylation is 1. The molecule has 0 aromatic heterocycles. The Morgan fingerprint density at radius 2 is 2.17 bits per heavy atom. The van der Waals surface area contributed by atoms with Gasteiger partial charge in [0.1, 0.15) is 0 Å². The Morgan fingerprint density at radius 1 is 1.35 bits per heavy atom. The van der Waals surface area contributed by atoms with Gasteiger partial charge in [0.2, 0.25) is 5.91 Å². The van der Waals surface area contributed by atoms with E-state index in [1.807, 2.05) is 0 Å². The maximum Gasteiger partial charge on any atom is 0.308 e. The molecular weight excluding hydrogens is 358 g/mol. The summed E-state index contributed by atoms with van der Waals surface area (Å²) in [5.41, 5.74) is 2.73. The van der Waals surface area contributed by atoms with Crippen LogP contribution in [0.25, 0.3) is 0 Å². The fourth-order valence-electron chi connectivity index (χ4n) is 4.55. The van der Waals surface area contributed by atoms with Gasteiger partial charge in [0, 0.05) is 28.9 Å². The molecular formula is C18H20BrNO3. The molecule has 1 aliphatic heterocycles. The van der Waals surface area contributed by atoms with Crippen molar-refractivity contribution in [3.63, 3.8) is 0 Å². The minimum atomic E-state index is -0.774. The van der Waals surface area contributed by atoms with E-state index in [4.69, 9.17) is 0 Å². The van der Waals surface area contributed by atoms with Gasteiger partial charge in [0.05, 0.1) is 5.92 Å². The second-order valence-corrected chi connectivity index (χ2v) is 8.09. The molecule has 3 unspecified atom stereocenters. The summed E-state index contributed by atoms with van der Waals surface area (Å²) in [6, 6.07) is 6.40. The predicted octanol–water partition coefficient (Wildman–Crippen LogP) is 2.98. The van der Waals surface area contributed by atoms with Crippen molar-refractivity contribution < 1.29 is 14.7 Å². The van der Waals surface area contributed by atoms with Crippen molar-refractivity contribution >= 4 is 27.8 Å². The number of rotatable bonds is 2. The van der Waals surface area contributed by atoms with Gasteiger partial charge in [-0.05, 0) is 55.4 Å². The normalized spacial score (nSPS) is 32.0. The highest BCUT2D eigenvalue weighted by Gasteiger charge is 2.62. The quantitative estimate of drug-likeness (QED) is 0.861. The highest BCUT2D eigenvalue weighted by molar-refractivity contribution is 9.10. The minimum absolute atomic E-state index is 0.0310. The first-order valence-corrected chi connectivity index (χ1v) is 9.11. The summed E-state index contributed by atoms with van der Waals surface area (Å²) in [6.45, 7) is 1.09. The summed E-state index contributed by atoms with van der Waals surface area (Å²) in [5, 5.41) is 9.21. The summed E-state index contributed by atoms with van der Waals surface area (Å²) in [4.78, 5) is 25.9. The fourth-order valence-corrected chi connectivity index (χ4v) is 4.96. The van der Waals surface area contributed by atoms with Crippen LogP contribution in [-0.4, -0.2) is 35.0 Å². The van der Waals surface area contributed by atoms with Crippen molar-refractivity contribution in [1.82, 2.24) is 4.90 Å². The van der Waals surface area contributed by atoms with E-state index >= 15 is 0 Å². The maximum atomic E-state index is 12.9. The largest absolute Gasteiger partial charge is 0.481 e. The van der Waals surface area contributed by atoms with Crippen molar-refractivity contribution in [2.24, 2.45) is 11.8 Å². The van der Waals surface area contributed by atoms with Crippen LogP contribution in [0.1, 0.15) is 36.8 Å². The number of carbonyl (C=O) groups is 2. The Kier molecular flexibility index (Phi) is 3.52. The molecule has 0 radical (unpaired) electrons. The van der Waals surface area contributed by atoms with Crippen LogP contribution in [-0.2, 0) is 21.4 Å². The van der Waals surface area contributed by atoms with Gasteiger partial charge in [-0.15, -0.1) is 0 Å². The molecule has 122 valence electrons. The van der Waals surface area contributed by atoms with Crippen molar-refractivity contribution in [2.75, 3.05) is 13.1 Å². The zero-order valence-electron chi connectivity index (χ0n) is 12.9. The molecule has 1 saturated carbocycles. The molecule has 5 heteroatoms. The maximum absolute atomic E-state index is 12.9. The molecule has 1 N–H and O–H groups in total. The Bertz CT molecular complexity index is 689. The number of likely N-dealkylation sites (tertiary alicyclic amines) is 1. The molecule has 2 aliphatic carbocycles. The van der Waals surface area contributed by atoms with Crippen molar-refractivity contribution in [1.29, 1.82) is 0 Å². The second-order valence-electron chi connectivity index (χ2n) is 7.18. The third-order valence-corrected chi connectivity index (χ3v) is 6.39. The molecule has 3 atom stereocenters. The number of amides is 1. The van der Waals surface area contributed by atoms with Crippen LogP contribution in [0.15, 0.2) is 22.7 Å². The first-order valence-electron chi connectivity index (χ1n) is 8.32. The molecule has 1 aromatic carbocycles. The van der Waals surface area contributed by atoms with Gasteiger partial charge >= 0.3 is 5.97 Å². The number of benzene rings is 1. The predicted molar refractivity (Wildman–Crippen MR) is 89.2 cm³/mol. The molecule has 4 rings (SSSR count). The van der Waals surface area contributed by atoms with E-state index in [-0.39, 0.29) is 17.2 Å². The number of carbonyl (C=O) groups excluding carboxylic acids is 1. The van der Waals surface area contributed by atoms with E-state index in [2.05, 4.69) is 34.1 Å².